The minimum atomic E-state index is -1.11. The normalized spacial score (nSPS) is 14.2. The smallest absolute Gasteiger partial charge is 0.326 e. The number of hydrogen-bond donors (Lipinski definition) is 4. The van der Waals surface area contributed by atoms with E-state index in [1.54, 1.807) is 18.7 Å². The molecule has 0 radical (unpaired) electrons. The minimum absolute atomic E-state index is 0.226. The van der Waals surface area contributed by atoms with E-state index in [-0.39, 0.29) is 18.4 Å². The van der Waals surface area contributed by atoms with Crippen molar-refractivity contribution in [3.05, 3.63) is 0 Å². The topological polar surface area (TPSA) is 125 Å². The van der Waals surface area contributed by atoms with Crippen LogP contribution >= 0.6 is 11.8 Å². The molecule has 0 aromatic rings. The fraction of sp³-hybridized carbons (Fsp3) is 0.733. The van der Waals surface area contributed by atoms with Crippen LogP contribution in [0, 0.1) is 5.92 Å². The summed E-state index contributed by atoms with van der Waals surface area (Å²) < 4.78 is 0. The van der Waals surface area contributed by atoms with Crippen LogP contribution in [0.4, 0.5) is 0 Å². The average Bonchev–Trinajstić information content (AvgIpc) is 2.52. The Hall–Kier alpha value is -1.77. The van der Waals surface area contributed by atoms with Gasteiger partial charge in [-0.3, -0.25) is 14.4 Å². The molecule has 0 aliphatic rings. The first-order valence-corrected chi connectivity index (χ1v) is 9.18. The zero-order chi connectivity index (χ0) is 18.7. The molecule has 3 atom stereocenters. The Labute approximate surface area is 146 Å². The SMILES string of the molecule is CC[C@H](C)[C@H](NC(=O)CNC(=O)[C@H](CCS[11CH3])NC(C)=O)C(=O)O. The van der Waals surface area contributed by atoms with Crippen molar-refractivity contribution in [1.29, 1.82) is 0 Å². The maximum Gasteiger partial charge on any atom is 0.326 e. The van der Waals surface area contributed by atoms with Gasteiger partial charge in [-0.05, 0) is 24.3 Å². The molecule has 24 heavy (non-hydrogen) atoms. The molecule has 9 heteroatoms. The minimum Gasteiger partial charge on any atom is -0.480 e. The Morgan fingerprint density at radius 3 is 2.25 bits per heavy atom. The van der Waals surface area contributed by atoms with Crippen LogP contribution in [0.15, 0.2) is 0 Å². The molecule has 0 spiro atoms. The van der Waals surface area contributed by atoms with Crippen molar-refractivity contribution in [3.63, 3.8) is 0 Å². The van der Waals surface area contributed by atoms with Crippen LogP contribution in [0.5, 0.6) is 0 Å². The molecular weight excluding hydrogens is 333 g/mol. The van der Waals surface area contributed by atoms with Gasteiger partial charge in [-0.15, -0.1) is 0 Å². The molecule has 0 aliphatic carbocycles. The standard InChI is InChI=1S/C15H27N3O5S/c1-5-9(2)13(15(22)23)18-12(20)8-16-14(21)11(6-7-24-4)17-10(3)19/h9,11,13H,5-8H2,1-4H3,(H,16,21)(H,17,19)(H,18,20)(H,22,23)/t9-,11-,13-/m0/s1/i4-1. The number of carboxylic acid groups (broad SMARTS) is 1. The molecule has 8 nitrogen and oxygen atoms in total. The summed E-state index contributed by atoms with van der Waals surface area (Å²) >= 11 is 1.54. The van der Waals surface area contributed by atoms with Crippen molar-refractivity contribution in [3.8, 4) is 0 Å². The highest BCUT2D eigenvalue weighted by Gasteiger charge is 2.26. The van der Waals surface area contributed by atoms with E-state index in [9.17, 15) is 19.2 Å². The lowest BCUT2D eigenvalue weighted by molar-refractivity contribution is -0.143. The predicted octanol–water partition coefficient (Wildman–Crippen LogP) is -0.0241. The maximum absolute atomic E-state index is 12.1. The lowest BCUT2D eigenvalue weighted by atomic mass is 9.99. The summed E-state index contributed by atoms with van der Waals surface area (Å²) in [4.78, 5) is 46.2. The molecule has 0 aromatic carbocycles. The highest BCUT2D eigenvalue weighted by atomic mass is 32.2. The van der Waals surface area contributed by atoms with E-state index in [1.165, 1.54) is 6.92 Å². The van der Waals surface area contributed by atoms with Gasteiger partial charge in [0.1, 0.15) is 12.1 Å². The first-order valence-electron chi connectivity index (χ1n) is 7.78. The van der Waals surface area contributed by atoms with Gasteiger partial charge in [0.05, 0.1) is 6.54 Å². The Bertz CT molecular complexity index is 458. The number of carbonyl (C=O) groups is 4. The largest absolute Gasteiger partial charge is 0.480 e. The summed E-state index contributed by atoms with van der Waals surface area (Å²) in [6.07, 6.45) is 2.93. The van der Waals surface area contributed by atoms with Crippen LogP contribution in [0.1, 0.15) is 33.6 Å². The van der Waals surface area contributed by atoms with Crippen molar-refractivity contribution in [2.45, 2.75) is 45.7 Å². The number of amides is 3. The van der Waals surface area contributed by atoms with Crippen molar-refractivity contribution in [1.82, 2.24) is 16.0 Å². The molecule has 0 fully saturated rings. The molecule has 0 saturated heterocycles. The quantitative estimate of drug-likeness (QED) is 0.410. The maximum atomic E-state index is 12.1. The van der Waals surface area contributed by atoms with Crippen LogP contribution in [-0.4, -0.2) is 59.4 Å². The zero-order valence-electron chi connectivity index (χ0n) is 14.5. The number of carbonyl (C=O) groups excluding carboxylic acids is 3. The molecule has 0 rings (SSSR count). The van der Waals surface area contributed by atoms with Gasteiger partial charge < -0.3 is 21.1 Å². The summed E-state index contributed by atoms with van der Waals surface area (Å²) in [6.45, 7) is 4.54. The van der Waals surface area contributed by atoms with E-state index in [0.29, 0.717) is 18.6 Å². The number of nitrogens with one attached hydrogen (secondary N) is 3. The fourth-order valence-electron chi connectivity index (χ4n) is 1.95. The van der Waals surface area contributed by atoms with Gasteiger partial charge in [0.2, 0.25) is 17.7 Å². The summed E-state index contributed by atoms with van der Waals surface area (Å²) in [5.41, 5.74) is 0. The molecule has 0 aliphatic heterocycles. The molecular formula is C15H27N3O5S. The van der Waals surface area contributed by atoms with Gasteiger partial charge in [-0.2, -0.15) is 11.8 Å². The van der Waals surface area contributed by atoms with Gasteiger partial charge in [-0.25, -0.2) is 4.79 Å². The van der Waals surface area contributed by atoms with Crippen molar-refractivity contribution in [2.24, 2.45) is 5.92 Å². The second kappa shape index (κ2) is 11.7. The first-order chi connectivity index (χ1) is 11.2. The van der Waals surface area contributed by atoms with Gasteiger partial charge in [-0.1, -0.05) is 20.3 Å². The number of hydrogen-bond acceptors (Lipinski definition) is 5. The van der Waals surface area contributed by atoms with E-state index in [4.69, 9.17) is 5.11 Å². The molecule has 138 valence electrons. The van der Waals surface area contributed by atoms with Crippen LogP contribution in [0.2, 0.25) is 0 Å². The van der Waals surface area contributed by atoms with Crippen LogP contribution < -0.4 is 16.0 Å². The van der Waals surface area contributed by atoms with E-state index in [1.807, 2.05) is 13.2 Å². The first kappa shape index (κ1) is 22.2. The predicted molar refractivity (Wildman–Crippen MR) is 92.6 cm³/mol. The number of carboxylic acids is 1. The lowest BCUT2D eigenvalue weighted by Crippen LogP contribution is -2.51. The third-order valence-electron chi connectivity index (χ3n) is 3.52. The molecule has 0 heterocycles. The third kappa shape index (κ3) is 8.76. The Balaban J connectivity index is 4.55. The van der Waals surface area contributed by atoms with Gasteiger partial charge in [0.15, 0.2) is 0 Å². The average molecular weight is 360 g/mol. The van der Waals surface area contributed by atoms with Gasteiger partial charge in [0, 0.05) is 6.92 Å². The van der Waals surface area contributed by atoms with Crippen molar-refractivity contribution < 1.29 is 24.3 Å². The summed E-state index contributed by atoms with van der Waals surface area (Å²) in [5.74, 6) is -2.04. The Kier molecular flexibility index (Phi) is 10.9. The number of thioether (sulfide) groups is 1. The van der Waals surface area contributed by atoms with Crippen LogP contribution in [-0.2, 0) is 19.2 Å². The molecule has 0 aromatic heterocycles. The molecule has 3 amide bonds. The molecule has 4 N–H and O–H groups in total. The van der Waals surface area contributed by atoms with Crippen molar-refractivity contribution >= 4 is 35.5 Å². The van der Waals surface area contributed by atoms with Crippen LogP contribution in [0.3, 0.4) is 0 Å². The second-order valence-electron chi connectivity index (χ2n) is 5.52. The van der Waals surface area contributed by atoms with E-state index >= 15 is 0 Å². The summed E-state index contributed by atoms with van der Waals surface area (Å²) in [5, 5.41) is 16.5. The lowest BCUT2D eigenvalue weighted by Gasteiger charge is -2.21. The fourth-order valence-corrected chi connectivity index (χ4v) is 2.42. The van der Waals surface area contributed by atoms with Crippen LogP contribution in [0.25, 0.3) is 0 Å². The van der Waals surface area contributed by atoms with Gasteiger partial charge in [0.25, 0.3) is 0 Å². The Morgan fingerprint density at radius 1 is 1.17 bits per heavy atom. The Morgan fingerprint density at radius 2 is 1.79 bits per heavy atom. The van der Waals surface area contributed by atoms with E-state index < -0.39 is 29.9 Å². The summed E-state index contributed by atoms with van der Waals surface area (Å²) in [7, 11) is 0. The third-order valence-corrected chi connectivity index (χ3v) is 4.17. The molecule has 0 bridgehead atoms. The zero-order valence-corrected chi connectivity index (χ0v) is 15.4. The highest BCUT2D eigenvalue weighted by Crippen LogP contribution is 2.07. The number of aliphatic carboxylic acids is 1. The van der Waals surface area contributed by atoms with E-state index in [0.717, 1.165) is 0 Å². The second-order valence-corrected chi connectivity index (χ2v) is 6.51. The monoisotopic (exact) mass is 360 g/mol. The van der Waals surface area contributed by atoms with Gasteiger partial charge >= 0.3 is 5.97 Å². The highest BCUT2D eigenvalue weighted by molar-refractivity contribution is 7.98. The van der Waals surface area contributed by atoms with E-state index in [2.05, 4.69) is 16.0 Å². The molecule has 0 saturated carbocycles. The molecule has 0 unspecified atom stereocenters. The summed E-state index contributed by atoms with van der Waals surface area (Å²) in [6, 6.07) is -1.71. The van der Waals surface area contributed by atoms with Crippen molar-refractivity contribution in [2.75, 3.05) is 18.6 Å². The number of rotatable bonds is 11.